The highest BCUT2D eigenvalue weighted by Crippen LogP contribution is 2.18. The van der Waals surface area contributed by atoms with Crippen LogP contribution < -0.4 is 10.1 Å². The summed E-state index contributed by atoms with van der Waals surface area (Å²) in [4.78, 5) is 0. The van der Waals surface area contributed by atoms with E-state index in [0.717, 1.165) is 37.2 Å². The SMILES string of the molecule is Cc1cc(F)ccc1OCCCCNCC(C)C. The molecule has 0 atom stereocenters. The predicted molar refractivity (Wildman–Crippen MR) is 73.6 cm³/mol. The molecule has 0 amide bonds. The average Bonchev–Trinajstić information content (AvgIpc) is 2.30. The minimum Gasteiger partial charge on any atom is -0.493 e. The Kier molecular flexibility index (Phi) is 6.73. The van der Waals surface area contributed by atoms with Gasteiger partial charge in [0.15, 0.2) is 0 Å². The summed E-state index contributed by atoms with van der Waals surface area (Å²) < 4.78 is 18.5. The van der Waals surface area contributed by atoms with Gasteiger partial charge in [-0.3, -0.25) is 0 Å². The zero-order chi connectivity index (χ0) is 13.4. The first-order chi connectivity index (χ1) is 8.59. The molecule has 0 aromatic heterocycles. The summed E-state index contributed by atoms with van der Waals surface area (Å²) >= 11 is 0. The number of ether oxygens (including phenoxy) is 1. The maximum absolute atomic E-state index is 12.9. The molecule has 1 rings (SSSR count). The van der Waals surface area contributed by atoms with Gasteiger partial charge < -0.3 is 10.1 Å². The molecule has 1 aromatic rings. The largest absolute Gasteiger partial charge is 0.493 e. The van der Waals surface area contributed by atoms with E-state index >= 15 is 0 Å². The Balaban J connectivity index is 2.11. The standard InChI is InChI=1S/C15H24FNO/c1-12(2)11-17-8-4-5-9-18-15-7-6-14(16)10-13(15)3/h6-7,10,12,17H,4-5,8-9,11H2,1-3H3. The second-order valence-electron chi connectivity index (χ2n) is 5.06. The van der Waals surface area contributed by atoms with E-state index in [2.05, 4.69) is 19.2 Å². The Bertz CT molecular complexity index is 352. The van der Waals surface area contributed by atoms with Crippen molar-refractivity contribution in [2.45, 2.75) is 33.6 Å². The molecule has 0 radical (unpaired) electrons. The van der Waals surface area contributed by atoms with Crippen molar-refractivity contribution in [3.63, 3.8) is 0 Å². The van der Waals surface area contributed by atoms with E-state index in [-0.39, 0.29) is 5.82 Å². The lowest BCUT2D eigenvalue weighted by Crippen LogP contribution is -2.21. The molecule has 0 aliphatic rings. The van der Waals surface area contributed by atoms with Crippen LogP contribution in [0.5, 0.6) is 5.75 Å². The second-order valence-corrected chi connectivity index (χ2v) is 5.06. The molecule has 0 saturated heterocycles. The molecule has 102 valence electrons. The van der Waals surface area contributed by atoms with Crippen molar-refractivity contribution in [2.75, 3.05) is 19.7 Å². The number of unbranched alkanes of at least 4 members (excludes halogenated alkanes) is 1. The van der Waals surface area contributed by atoms with Crippen molar-refractivity contribution in [3.8, 4) is 5.75 Å². The van der Waals surface area contributed by atoms with Gasteiger partial charge in [-0.05, 0) is 62.5 Å². The number of rotatable bonds is 8. The predicted octanol–water partition coefficient (Wildman–Crippen LogP) is 3.54. The number of hydrogen-bond donors (Lipinski definition) is 1. The molecule has 0 saturated carbocycles. The average molecular weight is 253 g/mol. The molecular formula is C15H24FNO. The zero-order valence-electron chi connectivity index (χ0n) is 11.6. The van der Waals surface area contributed by atoms with Crippen LogP contribution in [0.3, 0.4) is 0 Å². The van der Waals surface area contributed by atoms with Gasteiger partial charge in [-0.2, -0.15) is 0 Å². The van der Waals surface area contributed by atoms with Crippen molar-refractivity contribution < 1.29 is 9.13 Å². The lowest BCUT2D eigenvalue weighted by Gasteiger charge is -2.10. The minimum atomic E-state index is -0.210. The summed E-state index contributed by atoms with van der Waals surface area (Å²) in [6.45, 7) is 9.06. The third-order valence-corrected chi connectivity index (χ3v) is 2.70. The van der Waals surface area contributed by atoms with Gasteiger partial charge >= 0.3 is 0 Å². The molecule has 3 heteroatoms. The number of hydrogen-bond acceptors (Lipinski definition) is 2. The smallest absolute Gasteiger partial charge is 0.123 e. The molecule has 1 aromatic carbocycles. The number of nitrogens with one attached hydrogen (secondary N) is 1. The van der Waals surface area contributed by atoms with Crippen molar-refractivity contribution in [3.05, 3.63) is 29.6 Å². The Hall–Kier alpha value is -1.09. The number of benzene rings is 1. The first-order valence-corrected chi connectivity index (χ1v) is 6.69. The zero-order valence-corrected chi connectivity index (χ0v) is 11.6. The lowest BCUT2D eigenvalue weighted by molar-refractivity contribution is 0.303. The van der Waals surface area contributed by atoms with Crippen LogP contribution >= 0.6 is 0 Å². The third-order valence-electron chi connectivity index (χ3n) is 2.70. The molecular weight excluding hydrogens is 229 g/mol. The Morgan fingerprint density at radius 2 is 2.06 bits per heavy atom. The molecule has 0 heterocycles. The van der Waals surface area contributed by atoms with Crippen LogP contribution in [0.15, 0.2) is 18.2 Å². The van der Waals surface area contributed by atoms with E-state index < -0.39 is 0 Å². The summed E-state index contributed by atoms with van der Waals surface area (Å²) in [5, 5.41) is 3.40. The van der Waals surface area contributed by atoms with E-state index in [9.17, 15) is 4.39 Å². The van der Waals surface area contributed by atoms with E-state index in [1.54, 1.807) is 6.07 Å². The highest BCUT2D eigenvalue weighted by Gasteiger charge is 2.00. The summed E-state index contributed by atoms with van der Waals surface area (Å²) in [7, 11) is 0. The first kappa shape index (κ1) is 15.0. The van der Waals surface area contributed by atoms with Crippen LogP contribution in [-0.2, 0) is 0 Å². The van der Waals surface area contributed by atoms with Crippen molar-refractivity contribution in [1.82, 2.24) is 5.32 Å². The van der Waals surface area contributed by atoms with Crippen LogP contribution in [-0.4, -0.2) is 19.7 Å². The van der Waals surface area contributed by atoms with Gasteiger partial charge in [0.1, 0.15) is 11.6 Å². The van der Waals surface area contributed by atoms with Crippen LogP contribution in [0.2, 0.25) is 0 Å². The number of aryl methyl sites for hydroxylation is 1. The molecule has 0 spiro atoms. The fourth-order valence-corrected chi connectivity index (χ4v) is 1.70. The summed E-state index contributed by atoms with van der Waals surface area (Å²) in [6.07, 6.45) is 2.12. The highest BCUT2D eigenvalue weighted by molar-refractivity contribution is 5.32. The van der Waals surface area contributed by atoms with Crippen molar-refractivity contribution in [2.24, 2.45) is 5.92 Å². The van der Waals surface area contributed by atoms with Gasteiger partial charge in [-0.25, -0.2) is 4.39 Å². The van der Waals surface area contributed by atoms with Crippen LogP contribution in [0.4, 0.5) is 4.39 Å². The summed E-state index contributed by atoms with van der Waals surface area (Å²) in [5.74, 6) is 1.27. The maximum Gasteiger partial charge on any atom is 0.123 e. The third kappa shape index (κ3) is 6.01. The minimum absolute atomic E-state index is 0.210. The van der Waals surface area contributed by atoms with Crippen molar-refractivity contribution in [1.29, 1.82) is 0 Å². The molecule has 0 aliphatic heterocycles. The van der Waals surface area contributed by atoms with E-state index in [1.165, 1.54) is 12.1 Å². The van der Waals surface area contributed by atoms with Crippen LogP contribution in [0.1, 0.15) is 32.3 Å². The van der Waals surface area contributed by atoms with Crippen LogP contribution in [0.25, 0.3) is 0 Å². The molecule has 0 aliphatic carbocycles. The molecule has 0 fully saturated rings. The normalized spacial score (nSPS) is 10.9. The van der Waals surface area contributed by atoms with Gasteiger partial charge in [-0.1, -0.05) is 13.8 Å². The Labute approximate surface area is 110 Å². The van der Waals surface area contributed by atoms with Gasteiger partial charge in [0.05, 0.1) is 6.61 Å². The van der Waals surface area contributed by atoms with E-state index in [0.29, 0.717) is 12.5 Å². The molecule has 1 N–H and O–H groups in total. The highest BCUT2D eigenvalue weighted by atomic mass is 19.1. The first-order valence-electron chi connectivity index (χ1n) is 6.69. The summed E-state index contributed by atoms with van der Waals surface area (Å²) in [5.41, 5.74) is 0.855. The Morgan fingerprint density at radius 1 is 1.28 bits per heavy atom. The quantitative estimate of drug-likeness (QED) is 0.715. The molecule has 0 bridgehead atoms. The van der Waals surface area contributed by atoms with E-state index in [1.807, 2.05) is 6.92 Å². The van der Waals surface area contributed by atoms with Gasteiger partial charge in [0.2, 0.25) is 0 Å². The second kappa shape index (κ2) is 8.09. The fraction of sp³-hybridized carbons (Fsp3) is 0.600. The number of halogens is 1. The monoisotopic (exact) mass is 253 g/mol. The van der Waals surface area contributed by atoms with Crippen LogP contribution in [0, 0.1) is 18.7 Å². The van der Waals surface area contributed by atoms with Gasteiger partial charge in [0.25, 0.3) is 0 Å². The van der Waals surface area contributed by atoms with E-state index in [4.69, 9.17) is 4.74 Å². The van der Waals surface area contributed by atoms with Gasteiger partial charge in [0, 0.05) is 0 Å². The summed E-state index contributed by atoms with van der Waals surface area (Å²) in [6, 6.07) is 4.63. The van der Waals surface area contributed by atoms with Crippen molar-refractivity contribution >= 4 is 0 Å². The lowest BCUT2D eigenvalue weighted by atomic mass is 10.2. The van der Waals surface area contributed by atoms with Gasteiger partial charge in [-0.15, -0.1) is 0 Å². The molecule has 18 heavy (non-hydrogen) atoms. The maximum atomic E-state index is 12.9. The topological polar surface area (TPSA) is 21.3 Å². The Morgan fingerprint density at radius 3 is 2.72 bits per heavy atom. The fourth-order valence-electron chi connectivity index (χ4n) is 1.70. The molecule has 2 nitrogen and oxygen atoms in total. The molecule has 0 unspecified atom stereocenters.